The van der Waals surface area contributed by atoms with Crippen LogP contribution in [0.3, 0.4) is 0 Å². The third-order valence-corrected chi connectivity index (χ3v) is 5.25. The summed E-state index contributed by atoms with van der Waals surface area (Å²) in [5.41, 5.74) is 3.51. The van der Waals surface area contributed by atoms with Crippen LogP contribution in [0.25, 0.3) is 23.0 Å². The molecule has 3 aromatic carbocycles. The summed E-state index contributed by atoms with van der Waals surface area (Å²) in [6.07, 6.45) is 4.95. The molecule has 0 fully saturated rings. The Bertz CT molecular complexity index is 1320. The Morgan fingerprint density at radius 1 is 1.00 bits per heavy atom. The van der Waals surface area contributed by atoms with Gasteiger partial charge in [0.1, 0.15) is 11.5 Å². The fourth-order valence-electron chi connectivity index (χ4n) is 3.48. The van der Waals surface area contributed by atoms with Crippen molar-refractivity contribution < 1.29 is 18.7 Å². The van der Waals surface area contributed by atoms with Crippen LogP contribution in [0, 0.1) is 5.82 Å². The molecule has 1 N–H and O–H groups in total. The number of para-hydroxylation sites is 1. The molecule has 1 aromatic heterocycles. The molecule has 0 aliphatic carbocycles. The van der Waals surface area contributed by atoms with Crippen molar-refractivity contribution in [1.82, 2.24) is 15.1 Å². The molecule has 0 saturated heterocycles. The molecule has 0 bridgehead atoms. The lowest BCUT2D eigenvalue weighted by Gasteiger charge is -2.09. The summed E-state index contributed by atoms with van der Waals surface area (Å²) in [4.78, 5) is 12.4. The second kappa shape index (κ2) is 10.5. The Hall–Kier alpha value is -4.39. The van der Waals surface area contributed by atoms with Crippen molar-refractivity contribution in [2.75, 3.05) is 14.2 Å². The first-order valence-electron chi connectivity index (χ1n) is 10.7. The minimum absolute atomic E-state index is 0.0989. The predicted molar refractivity (Wildman–Crippen MR) is 129 cm³/mol. The van der Waals surface area contributed by atoms with Crippen LogP contribution >= 0.6 is 0 Å². The number of hydrogen-bond donors (Lipinski definition) is 1. The van der Waals surface area contributed by atoms with Gasteiger partial charge in [-0.15, -0.1) is 0 Å². The van der Waals surface area contributed by atoms with Gasteiger partial charge in [-0.3, -0.25) is 4.79 Å². The van der Waals surface area contributed by atoms with E-state index in [1.807, 2.05) is 54.7 Å². The molecular weight excluding hydrogens is 433 g/mol. The summed E-state index contributed by atoms with van der Waals surface area (Å²) in [6, 6.07) is 21.6. The van der Waals surface area contributed by atoms with E-state index < -0.39 is 0 Å². The highest BCUT2D eigenvalue weighted by atomic mass is 19.1. The molecule has 0 unspecified atom stereocenters. The second-order valence-corrected chi connectivity index (χ2v) is 7.43. The average Bonchev–Trinajstić information content (AvgIpc) is 3.31. The minimum Gasteiger partial charge on any atom is -0.493 e. The molecule has 172 valence electrons. The van der Waals surface area contributed by atoms with Gasteiger partial charge in [-0.1, -0.05) is 36.4 Å². The fraction of sp³-hybridized carbons (Fsp3) is 0.111. The monoisotopic (exact) mass is 457 g/mol. The number of rotatable bonds is 8. The molecule has 4 aromatic rings. The molecule has 0 atom stereocenters. The van der Waals surface area contributed by atoms with Crippen LogP contribution in [0.1, 0.15) is 11.1 Å². The lowest BCUT2D eigenvalue weighted by atomic mass is 10.1. The number of methoxy groups -OCH3 is 2. The van der Waals surface area contributed by atoms with Crippen molar-refractivity contribution >= 4 is 12.0 Å². The number of amides is 1. The van der Waals surface area contributed by atoms with Crippen LogP contribution in [0.15, 0.2) is 85.1 Å². The number of carbonyl (C=O) groups excluding carboxylic acids is 1. The Morgan fingerprint density at radius 3 is 2.47 bits per heavy atom. The van der Waals surface area contributed by atoms with E-state index in [0.717, 1.165) is 16.8 Å². The quantitative estimate of drug-likeness (QED) is 0.377. The third kappa shape index (κ3) is 5.15. The molecule has 1 amide bonds. The molecule has 1 heterocycles. The van der Waals surface area contributed by atoms with Crippen molar-refractivity contribution in [3.8, 4) is 28.4 Å². The number of halogens is 1. The molecule has 34 heavy (non-hydrogen) atoms. The molecule has 7 heteroatoms. The largest absolute Gasteiger partial charge is 0.493 e. The maximum Gasteiger partial charge on any atom is 0.244 e. The van der Waals surface area contributed by atoms with Crippen molar-refractivity contribution in [3.05, 3.63) is 102 Å². The normalized spacial score (nSPS) is 10.9. The molecular formula is C27H24FN3O3. The van der Waals surface area contributed by atoms with Crippen LogP contribution in [0.2, 0.25) is 0 Å². The first-order valence-corrected chi connectivity index (χ1v) is 10.7. The van der Waals surface area contributed by atoms with Crippen LogP contribution in [0.5, 0.6) is 11.5 Å². The lowest BCUT2D eigenvalue weighted by molar-refractivity contribution is -0.116. The van der Waals surface area contributed by atoms with Gasteiger partial charge in [0.2, 0.25) is 5.91 Å². The van der Waals surface area contributed by atoms with Crippen molar-refractivity contribution in [3.63, 3.8) is 0 Å². The smallest absolute Gasteiger partial charge is 0.244 e. The van der Waals surface area contributed by atoms with Gasteiger partial charge in [-0.05, 0) is 42.5 Å². The first kappa shape index (κ1) is 22.8. The summed E-state index contributed by atoms with van der Waals surface area (Å²) in [5, 5.41) is 7.46. The molecule has 0 saturated carbocycles. The Balaban J connectivity index is 1.63. The van der Waals surface area contributed by atoms with Crippen molar-refractivity contribution in [1.29, 1.82) is 0 Å². The number of aromatic nitrogens is 2. The average molecular weight is 458 g/mol. The highest BCUT2D eigenvalue weighted by molar-refractivity contribution is 5.92. The molecule has 0 spiro atoms. The van der Waals surface area contributed by atoms with E-state index in [0.29, 0.717) is 22.8 Å². The van der Waals surface area contributed by atoms with E-state index in [1.54, 1.807) is 43.2 Å². The zero-order valence-electron chi connectivity index (χ0n) is 18.9. The van der Waals surface area contributed by atoms with Gasteiger partial charge in [-0.25, -0.2) is 9.07 Å². The SMILES string of the molecule is COc1ccc(-c2nn(-c3ccccc3)cc2C=CC(=O)NCc2ccccc2F)cc1OC. The second-order valence-electron chi connectivity index (χ2n) is 7.43. The molecule has 0 aliphatic heterocycles. The van der Waals surface area contributed by atoms with Crippen LogP contribution in [-0.4, -0.2) is 29.9 Å². The zero-order chi connectivity index (χ0) is 23.9. The Labute approximate surface area is 197 Å². The summed E-state index contributed by atoms with van der Waals surface area (Å²) in [6.45, 7) is 0.0989. The third-order valence-electron chi connectivity index (χ3n) is 5.25. The summed E-state index contributed by atoms with van der Waals surface area (Å²) >= 11 is 0. The molecule has 0 aliphatic rings. The molecule has 4 rings (SSSR count). The number of hydrogen-bond acceptors (Lipinski definition) is 4. The van der Waals surface area contributed by atoms with E-state index >= 15 is 0 Å². The highest BCUT2D eigenvalue weighted by Crippen LogP contribution is 2.33. The number of ether oxygens (including phenoxy) is 2. The van der Waals surface area contributed by atoms with Gasteiger partial charge in [-0.2, -0.15) is 5.10 Å². The summed E-state index contributed by atoms with van der Waals surface area (Å²) < 4.78 is 26.3. The first-order chi connectivity index (χ1) is 16.6. The topological polar surface area (TPSA) is 65.4 Å². The van der Waals surface area contributed by atoms with E-state index in [2.05, 4.69) is 5.32 Å². The van der Waals surface area contributed by atoms with Crippen LogP contribution in [0.4, 0.5) is 4.39 Å². The minimum atomic E-state index is -0.355. The molecule has 0 radical (unpaired) electrons. The van der Waals surface area contributed by atoms with Gasteiger partial charge >= 0.3 is 0 Å². The highest BCUT2D eigenvalue weighted by Gasteiger charge is 2.14. The number of nitrogens with one attached hydrogen (secondary N) is 1. The van der Waals surface area contributed by atoms with Gasteiger partial charge in [0.05, 0.1) is 19.9 Å². The Morgan fingerprint density at radius 2 is 1.74 bits per heavy atom. The number of nitrogens with zero attached hydrogens (tertiary/aromatic N) is 2. The zero-order valence-corrected chi connectivity index (χ0v) is 18.9. The Kier molecular flexibility index (Phi) is 7.03. The molecule has 6 nitrogen and oxygen atoms in total. The van der Waals surface area contributed by atoms with Crippen LogP contribution in [-0.2, 0) is 11.3 Å². The van der Waals surface area contributed by atoms with E-state index in [1.165, 1.54) is 12.1 Å². The summed E-state index contributed by atoms with van der Waals surface area (Å²) in [5.74, 6) is 0.491. The van der Waals surface area contributed by atoms with Gasteiger partial charge in [0.15, 0.2) is 11.5 Å². The number of benzene rings is 3. The van der Waals surface area contributed by atoms with Crippen molar-refractivity contribution in [2.45, 2.75) is 6.54 Å². The lowest BCUT2D eigenvalue weighted by Crippen LogP contribution is -2.20. The maximum absolute atomic E-state index is 13.8. The van der Waals surface area contributed by atoms with E-state index in [-0.39, 0.29) is 18.3 Å². The fourth-order valence-corrected chi connectivity index (χ4v) is 3.48. The van der Waals surface area contributed by atoms with Gasteiger partial charge in [0, 0.05) is 35.5 Å². The summed E-state index contributed by atoms with van der Waals surface area (Å²) in [7, 11) is 3.15. The standard InChI is InChI=1S/C27H24FN3O3/c1-33-24-14-12-19(16-25(24)34-2)27-21(18-31(30-27)22-9-4-3-5-10-22)13-15-26(32)29-17-20-8-6-7-11-23(20)28/h3-16,18H,17H2,1-2H3,(H,29,32). The predicted octanol–water partition coefficient (Wildman–Crippen LogP) is 5.03. The maximum atomic E-state index is 13.8. The van der Waals surface area contributed by atoms with E-state index in [9.17, 15) is 9.18 Å². The van der Waals surface area contributed by atoms with Gasteiger partial charge in [0.25, 0.3) is 0 Å². The van der Waals surface area contributed by atoms with Crippen molar-refractivity contribution in [2.24, 2.45) is 0 Å². The number of carbonyl (C=O) groups is 1. The van der Waals surface area contributed by atoms with E-state index in [4.69, 9.17) is 14.6 Å². The van der Waals surface area contributed by atoms with Gasteiger partial charge < -0.3 is 14.8 Å². The van der Waals surface area contributed by atoms with Crippen LogP contribution < -0.4 is 14.8 Å².